The van der Waals surface area contributed by atoms with Crippen molar-refractivity contribution in [1.82, 2.24) is 20.2 Å². The van der Waals surface area contributed by atoms with Gasteiger partial charge in [0, 0.05) is 43.1 Å². The number of nitrogens with one attached hydrogen (secondary N) is 1. The van der Waals surface area contributed by atoms with E-state index in [-0.39, 0.29) is 51.4 Å². The Balaban J connectivity index is 0.000000576. The largest absolute Gasteiger partial charge is 1.00 e. The fourth-order valence-corrected chi connectivity index (χ4v) is 2.34. The van der Waals surface area contributed by atoms with Crippen molar-refractivity contribution in [2.24, 2.45) is 0 Å². The number of H-pyrrole nitrogens is 1. The molecule has 1 N–H and O–H groups in total. The molecule has 0 bridgehead atoms. The van der Waals surface area contributed by atoms with Crippen LogP contribution in [0.5, 0.6) is 0 Å². The van der Waals surface area contributed by atoms with E-state index >= 15 is 0 Å². The van der Waals surface area contributed by atoms with Gasteiger partial charge in [-0.15, -0.1) is 0 Å². The Morgan fingerprint density at radius 3 is 2.95 bits per heavy atom. The molecule has 2 aromatic heterocycles. The summed E-state index contributed by atoms with van der Waals surface area (Å²) in [4.78, 5) is 10.7. The van der Waals surface area contributed by atoms with Crippen molar-refractivity contribution < 1.29 is 51.4 Å². The summed E-state index contributed by atoms with van der Waals surface area (Å²) in [6.45, 7) is 6.81. The molecule has 1 fully saturated rings. The summed E-state index contributed by atoms with van der Waals surface area (Å²) in [5.74, 6) is 0.964. The first kappa shape index (κ1) is 16.5. The second-order valence-corrected chi connectivity index (χ2v) is 4.32. The first-order chi connectivity index (χ1) is 8.86. The molecule has 1 aliphatic rings. The van der Waals surface area contributed by atoms with Crippen LogP contribution in [0.3, 0.4) is 0 Å². The second kappa shape index (κ2) is 7.92. The minimum atomic E-state index is 0. The molecular formula is C12H15KN6. The van der Waals surface area contributed by atoms with E-state index in [1.807, 2.05) is 0 Å². The standard InChI is InChI=1S/C11H14N5.CHN.K/c1-8-4-2-3-5-16(8)11-9-6-14-15-10(9)12-7-13-11;1-2;/h6,8H,2-5H2,1H3,(H,12,13,14,15);1H;/q-1;;+1. The Morgan fingerprint density at radius 1 is 1.42 bits per heavy atom. The average Bonchev–Trinajstić information content (AvgIpc) is 2.90. The second-order valence-electron chi connectivity index (χ2n) is 4.32. The summed E-state index contributed by atoms with van der Waals surface area (Å²) < 4.78 is 0. The molecular weight excluding hydrogens is 267 g/mol. The summed E-state index contributed by atoms with van der Waals surface area (Å²) in [6, 6.07) is 0.537. The predicted octanol–water partition coefficient (Wildman–Crippen LogP) is -1.32. The van der Waals surface area contributed by atoms with Crippen LogP contribution in [0.25, 0.3) is 11.0 Å². The monoisotopic (exact) mass is 282 g/mol. The van der Waals surface area contributed by atoms with Crippen LogP contribution >= 0.6 is 0 Å². The third kappa shape index (κ3) is 3.52. The number of nitrogens with zero attached hydrogens (tertiary/aromatic N) is 5. The van der Waals surface area contributed by atoms with Crippen LogP contribution in [0.2, 0.25) is 0 Å². The number of piperidine rings is 1. The number of anilines is 1. The zero-order valence-corrected chi connectivity index (χ0v) is 14.4. The maximum Gasteiger partial charge on any atom is 1.00 e. The zero-order chi connectivity index (χ0) is 13.0. The van der Waals surface area contributed by atoms with Gasteiger partial charge in [0.1, 0.15) is 0 Å². The van der Waals surface area contributed by atoms with E-state index in [1.54, 1.807) is 6.20 Å². The van der Waals surface area contributed by atoms with Gasteiger partial charge in [0.25, 0.3) is 0 Å². The van der Waals surface area contributed by atoms with Gasteiger partial charge in [-0.1, -0.05) is 0 Å². The van der Waals surface area contributed by atoms with Crippen molar-refractivity contribution in [3.05, 3.63) is 12.5 Å². The van der Waals surface area contributed by atoms with Gasteiger partial charge in [-0.25, -0.2) is 5.26 Å². The van der Waals surface area contributed by atoms with Crippen molar-refractivity contribution in [3.8, 4) is 6.57 Å². The van der Waals surface area contributed by atoms with Gasteiger partial charge in [0.2, 0.25) is 0 Å². The molecule has 1 aliphatic heterocycles. The van der Waals surface area contributed by atoms with Crippen molar-refractivity contribution in [3.63, 3.8) is 0 Å². The van der Waals surface area contributed by atoms with Crippen LogP contribution in [-0.2, 0) is 0 Å². The van der Waals surface area contributed by atoms with Gasteiger partial charge in [-0.05, 0) is 31.6 Å². The topological polar surface area (TPSA) is 81.5 Å². The summed E-state index contributed by atoms with van der Waals surface area (Å²) in [7, 11) is 0. The van der Waals surface area contributed by atoms with Crippen molar-refractivity contribution in [2.75, 3.05) is 11.4 Å². The molecule has 7 heteroatoms. The molecule has 19 heavy (non-hydrogen) atoms. The number of rotatable bonds is 1. The number of aromatic nitrogens is 4. The van der Waals surface area contributed by atoms with Crippen LogP contribution in [-0.4, -0.2) is 32.8 Å². The van der Waals surface area contributed by atoms with Crippen LogP contribution in [0.15, 0.2) is 6.20 Å². The van der Waals surface area contributed by atoms with Crippen molar-refractivity contribution in [1.29, 1.82) is 5.26 Å². The average molecular weight is 282 g/mol. The normalized spacial score (nSPS) is 18.3. The predicted molar refractivity (Wildman–Crippen MR) is 67.8 cm³/mol. The molecule has 0 spiro atoms. The van der Waals surface area contributed by atoms with Gasteiger partial charge in [-0.2, -0.15) is 5.10 Å². The van der Waals surface area contributed by atoms with Gasteiger partial charge in [0.15, 0.2) is 0 Å². The van der Waals surface area contributed by atoms with Crippen molar-refractivity contribution in [2.45, 2.75) is 32.2 Å². The molecule has 94 valence electrons. The number of aromatic amines is 1. The van der Waals surface area contributed by atoms with E-state index in [1.165, 1.54) is 19.3 Å². The van der Waals surface area contributed by atoms with E-state index in [9.17, 15) is 0 Å². The van der Waals surface area contributed by atoms with E-state index in [0.717, 1.165) is 23.4 Å². The summed E-state index contributed by atoms with van der Waals surface area (Å²) in [6.07, 6.45) is 8.25. The summed E-state index contributed by atoms with van der Waals surface area (Å²) in [5, 5.41) is 14.4. The van der Waals surface area contributed by atoms with Gasteiger partial charge in [0.05, 0.1) is 0 Å². The van der Waals surface area contributed by atoms with Crippen LogP contribution in [0.1, 0.15) is 26.2 Å². The SMILES string of the molecule is C#N.CC1CCCCN1c1n[c-]nc2[nH]ncc12.[K+]. The first-order valence-corrected chi connectivity index (χ1v) is 5.96. The number of hydrogen-bond donors (Lipinski definition) is 1. The van der Waals surface area contributed by atoms with E-state index in [2.05, 4.69) is 44.9 Å². The number of hydrogen-bond acceptors (Lipinski definition) is 5. The minimum absolute atomic E-state index is 0. The van der Waals surface area contributed by atoms with Crippen LogP contribution in [0, 0.1) is 18.2 Å². The molecule has 3 rings (SSSR count). The molecule has 2 aromatic rings. The van der Waals surface area contributed by atoms with Gasteiger partial charge in [-0.3, -0.25) is 0 Å². The molecule has 1 atom stereocenters. The van der Waals surface area contributed by atoms with E-state index < -0.39 is 0 Å². The Morgan fingerprint density at radius 2 is 2.21 bits per heavy atom. The summed E-state index contributed by atoms with van der Waals surface area (Å²) >= 11 is 0. The fourth-order valence-electron chi connectivity index (χ4n) is 2.34. The van der Waals surface area contributed by atoms with Gasteiger partial charge < -0.3 is 20.0 Å². The Kier molecular flexibility index (Phi) is 6.89. The quantitative estimate of drug-likeness (QED) is 0.518. The minimum Gasteiger partial charge on any atom is -0.406 e. The Bertz CT molecular complexity index is 537. The van der Waals surface area contributed by atoms with Gasteiger partial charge >= 0.3 is 51.4 Å². The molecule has 0 aliphatic carbocycles. The molecule has 0 amide bonds. The smallest absolute Gasteiger partial charge is 0.406 e. The zero-order valence-electron chi connectivity index (χ0n) is 11.3. The first-order valence-electron chi connectivity index (χ1n) is 5.96. The molecule has 0 aromatic carbocycles. The molecule has 0 saturated carbocycles. The Labute approximate surface area is 155 Å². The molecule has 6 nitrogen and oxygen atoms in total. The third-order valence-electron chi connectivity index (χ3n) is 3.25. The third-order valence-corrected chi connectivity index (χ3v) is 3.25. The number of fused-ring (bicyclic) bond motifs is 1. The molecule has 3 heterocycles. The maximum absolute atomic E-state index is 6.50. The summed E-state index contributed by atoms with van der Waals surface area (Å²) in [5.41, 5.74) is 0.766. The fraction of sp³-hybridized carbons (Fsp3) is 0.500. The van der Waals surface area contributed by atoms with E-state index in [4.69, 9.17) is 5.26 Å². The maximum atomic E-state index is 6.50. The molecule has 1 saturated heterocycles. The van der Waals surface area contributed by atoms with Crippen LogP contribution < -0.4 is 56.3 Å². The van der Waals surface area contributed by atoms with Crippen LogP contribution in [0.4, 0.5) is 5.82 Å². The molecule has 1 unspecified atom stereocenters. The number of nitriles is 1. The van der Waals surface area contributed by atoms with E-state index in [0.29, 0.717) is 6.04 Å². The Hall–Kier alpha value is -0.524. The molecule has 0 radical (unpaired) electrons. The van der Waals surface area contributed by atoms with Crippen molar-refractivity contribution >= 4 is 16.9 Å².